The number of ketones is 1. The Labute approximate surface area is 154 Å². The van der Waals surface area contributed by atoms with Gasteiger partial charge in [0.2, 0.25) is 0 Å². The highest BCUT2D eigenvalue weighted by Crippen LogP contribution is 2.28. The maximum absolute atomic E-state index is 12.7. The third kappa shape index (κ3) is 3.13. The van der Waals surface area contributed by atoms with Crippen LogP contribution in [0.3, 0.4) is 0 Å². The SMILES string of the molecule is CC(C)Cc1nn(-c2ccccc2)cc1/C=C1\Cc2ccccc2C1=O. The summed E-state index contributed by atoms with van der Waals surface area (Å²) in [5.74, 6) is 0.645. The normalized spacial score (nSPS) is 15.0. The first-order chi connectivity index (χ1) is 12.6. The third-order valence-corrected chi connectivity index (χ3v) is 4.71. The minimum absolute atomic E-state index is 0.142. The average molecular weight is 342 g/mol. The van der Waals surface area contributed by atoms with Gasteiger partial charge >= 0.3 is 0 Å². The lowest BCUT2D eigenvalue weighted by Crippen LogP contribution is -2.00. The molecule has 1 aromatic heterocycles. The standard InChI is InChI=1S/C23H22N2O/c1-16(2)12-22-19(15-25(24-22)20-9-4-3-5-10-20)14-18-13-17-8-6-7-11-21(17)23(18)26/h3-11,14-16H,12-13H2,1-2H3/b18-14+. The van der Waals surface area contributed by atoms with E-state index in [2.05, 4.69) is 13.8 Å². The number of allylic oxidation sites excluding steroid dienone is 1. The van der Waals surface area contributed by atoms with Crippen molar-refractivity contribution in [3.8, 4) is 5.69 Å². The first kappa shape index (κ1) is 16.5. The molecule has 3 aromatic rings. The van der Waals surface area contributed by atoms with E-state index in [1.807, 2.05) is 71.6 Å². The predicted octanol–water partition coefficient (Wildman–Crippen LogP) is 4.89. The van der Waals surface area contributed by atoms with Crippen LogP contribution >= 0.6 is 0 Å². The molecule has 1 aliphatic rings. The molecule has 0 unspecified atom stereocenters. The Hall–Kier alpha value is -2.94. The van der Waals surface area contributed by atoms with Crippen LogP contribution in [0.15, 0.2) is 66.4 Å². The van der Waals surface area contributed by atoms with Gasteiger partial charge < -0.3 is 0 Å². The number of fused-ring (bicyclic) bond motifs is 1. The molecule has 0 fully saturated rings. The second-order valence-corrected chi connectivity index (χ2v) is 7.24. The third-order valence-electron chi connectivity index (χ3n) is 4.71. The molecule has 0 radical (unpaired) electrons. The lowest BCUT2D eigenvalue weighted by molar-refractivity contribution is 0.104. The van der Waals surface area contributed by atoms with Crippen LogP contribution in [-0.4, -0.2) is 15.6 Å². The number of para-hydroxylation sites is 1. The van der Waals surface area contributed by atoms with E-state index < -0.39 is 0 Å². The molecular weight excluding hydrogens is 320 g/mol. The molecule has 0 saturated heterocycles. The maximum Gasteiger partial charge on any atom is 0.189 e. The summed E-state index contributed by atoms with van der Waals surface area (Å²) in [6.45, 7) is 4.38. The molecule has 0 atom stereocenters. The van der Waals surface area contributed by atoms with Gasteiger partial charge in [0.05, 0.1) is 11.4 Å². The number of benzene rings is 2. The van der Waals surface area contributed by atoms with Crippen LogP contribution in [-0.2, 0) is 12.8 Å². The predicted molar refractivity (Wildman–Crippen MR) is 105 cm³/mol. The van der Waals surface area contributed by atoms with E-state index in [0.717, 1.165) is 40.1 Å². The van der Waals surface area contributed by atoms with Gasteiger partial charge in [-0.05, 0) is 36.1 Å². The van der Waals surface area contributed by atoms with Crippen LogP contribution in [0.5, 0.6) is 0 Å². The van der Waals surface area contributed by atoms with Gasteiger partial charge in [-0.2, -0.15) is 5.10 Å². The van der Waals surface area contributed by atoms with Crippen molar-refractivity contribution in [3.05, 3.63) is 88.8 Å². The van der Waals surface area contributed by atoms with Crippen LogP contribution in [0, 0.1) is 5.92 Å². The van der Waals surface area contributed by atoms with E-state index >= 15 is 0 Å². The first-order valence-electron chi connectivity index (χ1n) is 9.09. The minimum Gasteiger partial charge on any atom is -0.289 e. The van der Waals surface area contributed by atoms with E-state index in [-0.39, 0.29) is 5.78 Å². The van der Waals surface area contributed by atoms with Gasteiger partial charge in [0.15, 0.2) is 5.78 Å². The highest BCUT2D eigenvalue weighted by atomic mass is 16.1. The summed E-state index contributed by atoms with van der Waals surface area (Å²) >= 11 is 0. The van der Waals surface area contributed by atoms with Gasteiger partial charge in [-0.3, -0.25) is 4.79 Å². The summed E-state index contributed by atoms with van der Waals surface area (Å²) in [6, 6.07) is 18.0. The number of rotatable bonds is 4. The van der Waals surface area contributed by atoms with Crippen molar-refractivity contribution in [2.75, 3.05) is 0 Å². The Kier molecular flexibility index (Phi) is 4.29. The highest BCUT2D eigenvalue weighted by Gasteiger charge is 2.24. The highest BCUT2D eigenvalue weighted by molar-refractivity contribution is 6.15. The first-order valence-corrected chi connectivity index (χ1v) is 9.09. The Balaban J connectivity index is 1.74. The smallest absolute Gasteiger partial charge is 0.189 e. The van der Waals surface area contributed by atoms with Gasteiger partial charge in [-0.25, -0.2) is 4.68 Å². The zero-order valence-electron chi connectivity index (χ0n) is 15.1. The number of hydrogen-bond acceptors (Lipinski definition) is 2. The van der Waals surface area contributed by atoms with Crippen molar-refractivity contribution < 1.29 is 4.79 Å². The second-order valence-electron chi connectivity index (χ2n) is 7.24. The molecular formula is C23H22N2O. The summed E-state index contributed by atoms with van der Waals surface area (Å²) in [5.41, 5.74) is 5.91. The van der Waals surface area contributed by atoms with Crippen LogP contribution in [0.2, 0.25) is 0 Å². The van der Waals surface area contributed by atoms with Crippen molar-refractivity contribution in [1.82, 2.24) is 9.78 Å². The van der Waals surface area contributed by atoms with Crippen LogP contribution in [0.4, 0.5) is 0 Å². The molecule has 130 valence electrons. The molecule has 3 nitrogen and oxygen atoms in total. The molecule has 26 heavy (non-hydrogen) atoms. The second kappa shape index (κ2) is 6.75. The molecule has 0 aliphatic heterocycles. The minimum atomic E-state index is 0.142. The molecule has 0 N–H and O–H groups in total. The number of carbonyl (C=O) groups excluding carboxylic acids is 1. The molecule has 0 amide bonds. The monoisotopic (exact) mass is 342 g/mol. The van der Waals surface area contributed by atoms with Gasteiger partial charge in [0.1, 0.15) is 0 Å². The molecule has 0 bridgehead atoms. The fourth-order valence-corrected chi connectivity index (χ4v) is 3.46. The largest absolute Gasteiger partial charge is 0.289 e. The zero-order valence-corrected chi connectivity index (χ0v) is 15.1. The number of carbonyl (C=O) groups is 1. The van der Waals surface area contributed by atoms with Crippen LogP contribution in [0.25, 0.3) is 11.8 Å². The maximum atomic E-state index is 12.7. The zero-order chi connectivity index (χ0) is 18.1. The van der Waals surface area contributed by atoms with Crippen molar-refractivity contribution >= 4 is 11.9 Å². The fraction of sp³-hybridized carbons (Fsp3) is 0.217. The number of nitrogens with zero attached hydrogens (tertiary/aromatic N) is 2. The summed E-state index contributed by atoms with van der Waals surface area (Å²) in [5, 5.41) is 4.80. The van der Waals surface area contributed by atoms with Crippen molar-refractivity contribution in [2.24, 2.45) is 5.92 Å². The van der Waals surface area contributed by atoms with E-state index in [1.165, 1.54) is 0 Å². The molecule has 1 heterocycles. The van der Waals surface area contributed by atoms with Crippen LogP contribution in [0.1, 0.15) is 41.0 Å². The summed E-state index contributed by atoms with van der Waals surface area (Å²) in [6.07, 6.45) is 5.66. The summed E-state index contributed by atoms with van der Waals surface area (Å²) < 4.78 is 1.91. The number of hydrogen-bond donors (Lipinski definition) is 0. The average Bonchev–Trinajstić information content (AvgIpc) is 3.17. The van der Waals surface area contributed by atoms with E-state index in [1.54, 1.807) is 0 Å². The number of Topliss-reactive ketones (excluding diaryl/α,β-unsaturated/α-hetero) is 1. The van der Waals surface area contributed by atoms with Crippen molar-refractivity contribution in [3.63, 3.8) is 0 Å². The Morgan fingerprint density at radius 1 is 1.08 bits per heavy atom. The van der Waals surface area contributed by atoms with Crippen molar-refractivity contribution in [2.45, 2.75) is 26.7 Å². The lowest BCUT2D eigenvalue weighted by Gasteiger charge is -2.03. The molecule has 1 aliphatic carbocycles. The number of aromatic nitrogens is 2. The lowest BCUT2D eigenvalue weighted by atomic mass is 10.0. The molecule has 0 saturated carbocycles. The van der Waals surface area contributed by atoms with Gasteiger partial charge in [0, 0.05) is 29.3 Å². The van der Waals surface area contributed by atoms with Crippen molar-refractivity contribution in [1.29, 1.82) is 0 Å². The summed E-state index contributed by atoms with van der Waals surface area (Å²) in [4.78, 5) is 12.7. The topological polar surface area (TPSA) is 34.9 Å². The molecule has 4 rings (SSSR count). The van der Waals surface area contributed by atoms with E-state index in [4.69, 9.17) is 5.10 Å². The van der Waals surface area contributed by atoms with Crippen LogP contribution < -0.4 is 0 Å². The van der Waals surface area contributed by atoms with E-state index in [0.29, 0.717) is 12.3 Å². The molecule has 2 aromatic carbocycles. The Morgan fingerprint density at radius 3 is 2.54 bits per heavy atom. The van der Waals surface area contributed by atoms with Gasteiger partial charge in [0.25, 0.3) is 0 Å². The summed E-state index contributed by atoms with van der Waals surface area (Å²) in [7, 11) is 0. The van der Waals surface area contributed by atoms with E-state index in [9.17, 15) is 4.79 Å². The Bertz CT molecular complexity index is 980. The van der Waals surface area contributed by atoms with Gasteiger partial charge in [-0.1, -0.05) is 56.3 Å². The Morgan fingerprint density at radius 2 is 1.81 bits per heavy atom. The molecule has 0 spiro atoms. The molecule has 3 heteroatoms. The fourth-order valence-electron chi connectivity index (χ4n) is 3.46. The van der Waals surface area contributed by atoms with Gasteiger partial charge in [-0.15, -0.1) is 0 Å². The quantitative estimate of drug-likeness (QED) is 0.633.